The zero-order chi connectivity index (χ0) is 96.5. The standard InChI is InChI=1S/C94H135N15O19S2/c1-53(2)42-71(56(5)111)103-85(121)65(49-78(97)118)47-75(115)69(29-19-22-40-99-58(7)113)107-91(127)94(13,37-20-21-38-95)51-77(117)72(45-61-31-34-62-26-17-18-27-63(62)44-61)104-84(120)64(43-60-32-35-67(36-33-60)128-41-39-96)48-76(116)82-92(9,10)129-130-93(11,12)83(101-59(8)114)90(126)106-74(50-79(98)119)88(124)108-81(57(6)112)89(125)105-73(46-66-52-100-80-54(3)24-23-28-68(66)80)87(123)102-70(86(122)109-82)30-16-14-15-25-55(4)110/h17-18,23-24,26-28,31-36,44,52-53,57,64-65,69-74,81-83,100,112H,14-16,19-22,25,29-30,37-43,45-51,95-96H2,1-13H3,(H2,97,118)(H2,98,119)(H,99,113)(H,101,114)(H,102,123)(H,103,121)(H,104,120)(H,105,125)(H,106,126)(H,107,127)(H,108,124)(H,109,122)/t57-,64-,65+,69+,70+,71-,72+,73+,74+,81+,82-,83-,94-/m1/s1. The second-order valence-electron chi connectivity index (χ2n) is 35.9. The summed E-state index contributed by atoms with van der Waals surface area (Å²) in [7, 11) is 1.93. The van der Waals surface area contributed by atoms with Crippen LogP contribution >= 0.6 is 21.6 Å². The summed E-state index contributed by atoms with van der Waals surface area (Å²) in [5, 5.41) is 40.9. The van der Waals surface area contributed by atoms with Gasteiger partial charge >= 0.3 is 0 Å². The number of H-pyrrole nitrogens is 1. The fraction of sp³-hybridized carbons (Fsp3) is 0.564. The highest BCUT2D eigenvalue weighted by Crippen LogP contribution is 2.47. The monoisotopic (exact) mass is 1840 g/mol. The molecule has 130 heavy (non-hydrogen) atoms. The number of carbonyl (C=O) groups excluding carboxylic acids is 17. The van der Waals surface area contributed by atoms with Gasteiger partial charge < -0.3 is 95.7 Å². The predicted molar refractivity (Wildman–Crippen MR) is 498 cm³/mol. The largest absolute Gasteiger partial charge is 0.492 e. The normalized spacial score (nSPS) is 19.4. The number of fused-ring (bicyclic) bond motifs is 2. The van der Waals surface area contributed by atoms with Crippen molar-refractivity contribution in [2.75, 3.05) is 26.2 Å². The van der Waals surface area contributed by atoms with Crippen molar-refractivity contribution < 1.29 is 91.4 Å². The number of hydrogen-bond donors (Lipinski definition) is 16. The van der Waals surface area contributed by atoms with Crippen LogP contribution in [-0.2, 0) is 101 Å². The molecule has 0 spiro atoms. The molecule has 0 saturated carbocycles. The van der Waals surface area contributed by atoms with E-state index in [1.54, 1.807) is 76.4 Å². The van der Waals surface area contributed by atoms with Crippen LogP contribution in [0.4, 0.5) is 0 Å². The molecule has 0 bridgehead atoms. The highest BCUT2D eigenvalue weighted by Gasteiger charge is 2.47. The third-order valence-electron chi connectivity index (χ3n) is 23.0. The minimum Gasteiger partial charge on any atom is -0.492 e. The summed E-state index contributed by atoms with van der Waals surface area (Å²) in [5.74, 6) is -15.8. The number of amides is 12. The number of ketones is 5. The molecule has 36 heteroatoms. The number of nitrogens with two attached hydrogens (primary N) is 4. The van der Waals surface area contributed by atoms with Crippen LogP contribution in [-0.4, -0.2) is 206 Å². The van der Waals surface area contributed by atoms with Crippen LogP contribution in [0.3, 0.4) is 0 Å². The maximum Gasteiger partial charge on any atom is 0.245 e. The maximum absolute atomic E-state index is 16.5. The van der Waals surface area contributed by atoms with Crippen LogP contribution in [0.1, 0.15) is 214 Å². The van der Waals surface area contributed by atoms with Crippen molar-refractivity contribution in [1.82, 2.24) is 58.2 Å². The van der Waals surface area contributed by atoms with Crippen molar-refractivity contribution in [1.29, 1.82) is 0 Å². The molecule has 0 unspecified atom stereocenters. The van der Waals surface area contributed by atoms with E-state index in [1.165, 1.54) is 34.6 Å². The van der Waals surface area contributed by atoms with E-state index >= 15 is 28.8 Å². The third kappa shape index (κ3) is 34.4. The van der Waals surface area contributed by atoms with Crippen LogP contribution in [0.5, 0.6) is 5.75 Å². The van der Waals surface area contributed by atoms with Gasteiger partial charge in [0.15, 0.2) is 23.1 Å². The average Bonchev–Trinajstić information content (AvgIpc) is 1.42. The molecule has 12 amide bonds. The van der Waals surface area contributed by atoms with Gasteiger partial charge in [-0.05, 0) is 177 Å². The summed E-state index contributed by atoms with van der Waals surface area (Å²) in [6, 6.07) is 10.8. The Morgan fingerprint density at radius 1 is 0.592 bits per heavy atom. The van der Waals surface area contributed by atoms with Crippen molar-refractivity contribution in [3.8, 4) is 5.75 Å². The van der Waals surface area contributed by atoms with E-state index in [-0.39, 0.29) is 120 Å². The summed E-state index contributed by atoms with van der Waals surface area (Å²) in [4.78, 5) is 248. The molecule has 1 aromatic heterocycles. The average molecular weight is 1840 g/mol. The molecule has 0 aliphatic carbocycles. The summed E-state index contributed by atoms with van der Waals surface area (Å²) in [6.07, 6.45) is -1.84. The van der Waals surface area contributed by atoms with E-state index in [0.29, 0.717) is 59.0 Å². The Kier molecular flexibility index (Phi) is 42.8. The number of rotatable bonds is 48. The number of primary amides is 2. The lowest BCUT2D eigenvalue weighted by atomic mass is 9.77. The van der Waals surface area contributed by atoms with Crippen molar-refractivity contribution in [3.63, 3.8) is 0 Å². The van der Waals surface area contributed by atoms with Gasteiger partial charge in [-0.3, -0.25) is 76.7 Å². The number of ether oxygens (including phenoxy) is 1. The Morgan fingerprint density at radius 2 is 1.23 bits per heavy atom. The number of aromatic amines is 1. The summed E-state index contributed by atoms with van der Waals surface area (Å²) >= 11 is 0. The first kappa shape index (κ1) is 108. The zero-order valence-electron chi connectivity index (χ0n) is 77.1. The lowest BCUT2D eigenvalue weighted by Gasteiger charge is -2.39. The highest BCUT2D eigenvalue weighted by molar-refractivity contribution is 8.77. The molecule has 712 valence electrons. The molecule has 1 saturated heterocycles. The van der Waals surface area contributed by atoms with Gasteiger partial charge in [0.2, 0.25) is 70.9 Å². The van der Waals surface area contributed by atoms with Crippen molar-refractivity contribution in [2.24, 2.45) is 46.1 Å². The predicted octanol–water partition coefficient (Wildman–Crippen LogP) is 5.19. The van der Waals surface area contributed by atoms with Gasteiger partial charge in [-0.15, -0.1) is 0 Å². The molecular weight excluding hydrogens is 1710 g/mol. The fourth-order valence-electron chi connectivity index (χ4n) is 15.7. The number of Topliss-reactive ketones (excluding diaryl/α,β-unsaturated/α-hetero) is 5. The first-order chi connectivity index (χ1) is 61.2. The second kappa shape index (κ2) is 51.6. The molecule has 1 aliphatic heterocycles. The Labute approximate surface area is 768 Å². The highest BCUT2D eigenvalue weighted by atomic mass is 33.1. The summed E-state index contributed by atoms with van der Waals surface area (Å²) < 4.78 is 2.74. The van der Waals surface area contributed by atoms with E-state index in [4.69, 9.17) is 27.7 Å². The fourth-order valence-corrected chi connectivity index (χ4v) is 18.5. The summed E-state index contributed by atoms with van der Waals surface area (Å²) in [6.45, 7) is 20.5. The topological polar surface area (TPSA) is 560 Å². The Balaban J connectivity index is 1.54. The van der Waals surface area contributed by atoms with E-state index in [9.17, 15) is 57.8 Å². The Hall–Kier alpha value is -10.9. The van der Waals surface area contributed by atoms with E-state index < -0.39 is 202 Å². The number of para-hydroxylation sites is 1. The molecule has 20 N–H and O–H groups in total. The molecule has 5 aromatic rings. The number of benzene rings is 4. The Bertz CT molecular complexity index is 4820. The minimum absolute atomic E-state index is 0.0106. The number of carbonyl (C=O) groups is 17. The molecule has 6 rings (SSSR count). The quantitative estimate of drug-likeness (QED) is 0.0176. The van der Waals surface area contributed by atoms with Gasteiger partial charge in [-0.25, -0.2) is 0 Å². The van der Waals surface area contributed by atoms with Crippen LogP contribution in [0.25, 0.3) is 21.7 Å². The van der Waals surface area contributed by atoms with Gasteiger partial charge in [0.25, 0.3) is 0 Å². The number of aryl methyl sites for hydroxylation is 1. The van der Waals surface area contributed by atoms with E-state index in [1.807, 2.05) is 63.2 Å². The smallest absolute Gasteiger partial charge is 0.245 e. The number of aromatic nitrogens is 1. The molecule has 2 heterocycles. The molecule has 13 atom stereocenters. The molecule has 1 fully saturated rings. The van der Waals surface area contributed by atoms with Gasteiger partial charge in [0.1, 0.15) is 54.4 Å². The van der Waals surface area contributed by atoms with Crippen molar-refractivity contribution in [2.45, 2.75) is 288 Å². The minimum atomic E-state index is -1.90. The third-order valence-corrected chi connectivity index (χ3v) is 27.3. The lowest BCUT2D eigenvalue weighted by Crippen LogP contribution is -2.63. The SMILES string of the molecule is CC(=O)CCCCC[C@@H]1NC(=O)[C@H](Cc2c[nH]c3c(C)cccc23)NC(=O)[C@H]([C@@H](C)O)NC(=O)[C@H](CC(N)=O)NC(=O)[C@@H](NC(C)=O)C(C)(C)SSC(C)(C)[C@@H](C(=O)C[C@@H](Cc2ccc(OCCN)cc2)C(=O)N[C@@H](Cc2ccc3ccccc3c2)C(=O)C[C@@](C)(CCCCN)C(=O)N[C@@H](CCCCNC(C)=O)C(=O)C[C@@H](CC(N)=O)C(=O)N[C@H](CC(C)C)C(C)=O)NC1=O. The molecule has 4 aromatic carbocycles. The number of aliphatic hydroxyl groups is 1. The van der Waals surface area contributed by atoms with E-state index in [0.717, 1.165) is 44.8 Å². The van der Waals surface area contributed by atoms with Crippen LogP contribution in [0.15, 0.2) is 91.1 Å². The van der Waals surface area contributed by atoms with Gasteiger partial charge in [-0.2, -0.15) is 0 Å². The summed E-state index contributed by atoms with van der Waals surface area (Å²) in [5.41, 5.74) is 24.6. The number of nitrogens with one attached hydrogen (secondary N) is 11. The van der Waals surface area contributed by atoms with Crippen LogP contribution < -0.4 is 80.8 Å². The number of aliphatic hydroxyl groups excluding tert-OH is 1. The van der Waals surface area contributed by atoms with Crippen LogP contribution in [0.2, 0.25) is 0 Å². The van der Waals surface area contributed by atoms with Gasteiger partial charge in [-0.1, -0.05) is 134 Å². The van der Waals surface area contributed by atoms with Gasteiger partial charge in [0.05, 0.1) is 42.0 Å². The Morgan fingerprint density at radius 3 is 1.86 bits per heavy atom. The van der Waals surface area contributed by atoms with E-state index in [2.05, 4.69) is 58.2 Å². The molecular formula is C94H135N15O19S2. The van der Waals surface area contributed by atoms with Gasteiger partial charge in [0, 0.05) is 98.0 Å². The first-order valence-corrected chi connectivity index (χ1v) is 46.7. The zero-order valence-corrected chi connectivity index (χ0v) is 78.7. The molecule has 0 radical (unpaired) electrons. The first-order valence-electron chi connectivity index (χ1n) is 44.5. The maximum atomic E-state index is 16.5. The number of hydrogen-bond acceptors (Lipinski definition) is 23. The second-order valence-corrected chi connectivity index (χ2v) is 39.4. The lowest BCUT2D eigenvalue weighted by molar-refractivity contribution is -0.140. The number of unbranched alkanes of at least 4 members (excludes halogenated alkanes) is 4. The van der Waals surface area contributed by atoms with Crippen LogP contribution in [0, 0.1) is 30.1 Å². The van der Waals surface area contributed by atoms with Crippen molar-refractivity contribution in [3.05, 3.63) is 113 Å². The molecule has 34 nitrogen and oxygen atoms in total. The van der Waals surface area contributed by atoms with Crippen molar-refractivity contribution >= 4 is 143 Å². The molecule has 1 aliphatic rings.